The number of aromatic carboxylic acids is 1. The topological polar surface area (TPSA) is 79.7 Å². The van der Waals surface area contributed by atoms with E-state index < -0.39 is 5.97 Å². The van der Waals surface area contributed by atoms with Gasteiger partial charge < -0.3 is 14.7 Å². The SMILES string of the molecule is COc1cccc(C2CCN(C(=O)c3ccnc(C(=O)O)c3)CC2)c1. The average molecular weight is 340 g/mol. The summed E-state index contributed by atoms with van der Waals surface area (Å²) in [5, 5.41) is 9.01. The van der Waals surface area contributed by atoms with E-state index in [1.165, 1.54) is 17.8 Å². The van der Waals surface area contributed by atoms with Crippen molar-refractivity contribution in [1.82, 2.24) is 9.88 Å². The Balaban J connectivity index is 1.66. The second-order valence-corrected chi connectivity index (χ2v) is 6.08. The monoisotopic (exact) mass is 340 g/mol. The van der Waals surface area contributed by atoms with Gasteiger partial charge in [0.1, 0.15) is 11.4 Å². The molecule has 1 aliphatic rings. The number of aromatic nitrogens is 1. The second kappa shape index (κ2) is 7.34. The zero-order chi connectivity index (χ0) is 17.8. The molecule has 6 nitrogen and oxygen atoms in total. The van der Waals surface area contributed by atoms with Crippen molar-refractivity contribution in [1.29, 1.82) is 0 Å². The van der Waals surface area contributed by atoms with Crippen LogP contribution in [0.4, 0.5) is 0 Å². The van der Waals surface area contributed by atoms with Crippen LogP contribution in [0.2, 0.25) is 0 Å². The fraction of sp³-hybridized carbons (Fsp3) is 0.316. The molecule has 0 aliphatic carbocycles. The van der Waals surface area contributed by atoms with Gasteiger partial charge in [-0.05, 0) is 48.6 Å². The van der Waals surface area contributed by atoms with Gasteiger partial charge in [-0.2, -0.15) is 0 Å². The van der Waals surface area contributed by atoms with Crippen molar-refractivity contribution in [2.24, 2.45) is 0 Å². The fourth-order valence-corrected chi connectivity index (χ4v) is 3.17. The number of ether oxygens (including phenoxy) is 1. The van der Waals surface area contributed by atoms with Gasteiger partial charge in [0.15, 0.2) is 0 Å². The van der Waals surface area contributed by atoms with Gasteiger partial charge in [0.25, 0.3) is 5.91 Å². The summed E-state index contributed by atoms with van der Waals surface area (Å²) in [6, 6.07) is 10.9. The number of carboxylic acids is 1. The lowest BCUT2D eigenvalue weighted by molar-refractivity contribution is 0.0690. The molecule has 0 bridgehead atoms. The number of methoxy groups -OCH3 is 1. The molecule has 2 heterocycles. The first kappa shape index (κ1) is 17.0. The van der Waals surface area contributed by atoms with Crippen LogP contribution in [-0.2, 0) is 0 Å². The molecular formula is C19H20N2O4. The molecule has 0 unspecified atom stereocenters. The highest BCUT2D eigenvalue weighted by Gasteiger charge is 2.25. The number of piperidine rings is 1. The molecule has 1 aliphatic heterocycles. The van der Waals surface area contributed by atoms with E-state index in [4.69, 9.17) is 9.84 Å². The van der Waals surface area contributed by atoms with Crippen molar-refractivity contribution < 1.29 is 19.4 Å². The third-order valence-corrected chi connectivity index (χ3v) is 4.57. The first-order chi connectivity index (χ1) is 12.1. The Bertz CT molecular complexity index is 782. The highest BCUT2D eigenvalue weighted by Crippen LogP contribution is 2.30. The summed E-state index contributed by atoms with van der Waals surface area (Å²) in [6.45, 7) is 1.29. The number of carbonyl (C=O) groups excluding carboxylic acids is 1. The van der Waals surface area contributed by atoms with Crippen molar-refractivity contribution in [3.63, 3.8) is 0 Å². The zero-order valence-corrected chi connectivity index (χ0v) is 14.0. The summed E-state index contributed by atoms with van der Waals surface area (Å²) in [6.07, 6.45) is 3.10. The molecule has 25 heavy (non-hydrogen) atoms. The third kappa shape index (κ3) is 3.79. The average Bonchev–Trinajstić information content (AvgIpc) is 2.67. The summed E-state index contributed by atoms with van der Waals surface area (Å²) in [5.74, 6) is -0.0412. The van der Waals surface area contributed by atoms with Crippen molar-refractivity contribution in [3.05, 3.63) is 59.4 Å². The summed E-state index contributed by atoms with van der Waals surface area (Å²) >= 11 is 0. The molecule has 1 aromatic heterocycles. The molecule has 6 heteroatoms. The summed E-state index contributed by atoms with van der Waals surface area (Å²) in [7, 11) is 1.65. The number of amides is 1. The van der Waals surface area contributed by atoms with Crippen molar-refractivity contribution in [2.75, 3.05) is 20.2 Å². The zero-order valence-electron chi connectivity index (χ0n) is 14.0. The second-order valence-electron chi connectivity index (χ2n) is 6.08. The lowest BCUT2D eigenvalue weighted by atomic mass is 9.89. The Hall–Kier alpha value is -2.89. The minimum Gasteiger partial charge on any atom is -0.497 e. The maximum Gasteiger partial charge on any atom is 0.354 e. The van der Waals surface area contributed by atoms with Crippen LogP contribution in [0, 0.1) is 0 Å². The van der Waals surface area contributed by atoms with Gasteiger partial charge in [0.05, 0.1) is 7.11 Å². The van der Waals surface area contributed by atoms with E-state index in [1.54, 1.807) is 18.1 Å². The molecule has 1 aromatic carbocycles. The number of benzene rings is 1. The Labute approximate surface area is 146 Å². The van der Waals surface area contributed by atoms with Gasteiger partial charge in [0.2, 0.25) is 0 Å². The van der Waals surface area contributed by atoms with Crippen molar-refractivity contribution in [3.8, 4) is 5.75 Å². The first-order valence-electron chi connectivity index (χ1n) is 8.21. The number of pyridine rings is 1. The number of nitrogens with zero attached hydrogens (tertiary/aromatic N) is 2. The smallest absolute Gasteiger partial charge is 0.354 e. The molecule has 1 N–H and O–H groups in total. The molecule has 0 atom stereocenters. The Morgan fingerprint density at radius 2 is 1.96 bits per heavy atom. The molecule has 0 saturated carbocycles. The summed E-state index contributed by atoms with van der Waals surface area (Å²) in [4.78, 5) is 29.1. The van der Waals surface area contributed by atoms with Gasteiger partial charge >= 0.3 is 5.97 Å². The number of carbonyl (C=O) groups is 2. The van der Waals surface area contributed by atoms with E-state index in [9.17, 15) is 9.59 Å². The summed E-state index contributed by atoms with van der Waals surface area (Å²) in [5.41, 5.74) is 1.48. The molecule has 1 amide bonds. The molecule has 3 rings (SSSR count). The molecule has 0 spiro atoms. The quantitative estimate of drug-likeness (QED) is 0.926. The maximum absolute atomic E-state index is 12.6. The molecule has 1 fully saturated rings. The number of rotatable bonds is 4. The van der Waals surface area contributed by atoms with Crippen molar-refractivity contribution in [2.45, 2.75) is 18.8 Å². The molecular weight excluding hydrogens is 320 g/mol. The van der Waals surface area contributed by atoms with Gasteiger partial charge in [-0.25, -0.2) is 9.78 Å². The van der Waals surface area contributed by atoms with Gasteiger partial charge in [-0.3, -0.25) is 4.79 Å². The Morgan fingerprint density at radius 1 is 1.20 bits per heavy atom. The normalized spacial score (nSPS) is 15.0. The van der Waals surface area contributed by atoms with E-state index in [-0.39, 0.29) is 11.6 Å². The molecule has 2 aromatic rings. The highest BCUT2D eigenvalue weighted by molar-refractivity contribution is 5.96. The van der Waals surface area contributed by atoms with Gasteiger partial charge in [-0.15, -0.1) is 0 Å². The maximum atomic E-state index is 12.6. The number of likely N-dealkylation sites (tertiary alicyclic amines) is 1. The van der Waals surface area contributed by atoms with Crippen LogP contribution in [0.5, 0.6) is 5.75 Å². The minimum atomic E-state index is -1.13. The first-order valence-corrected chi connectivity index (χ1v) is 8.21. The lowest BCUT2D eigenvalue weighted by Crippen LogP contribution is -2.38. The van der Waals surface area contributed by atoms with E-state index in [1.807, 2.05) is 18.2 Å². The number of hydrogen-bond acceptors (Lipinski definition) is 4. The van der Waals surface area contributed by atoms with Crippen LogP contribution in [-0.4, -0.2) is 47.1 Å². The molecule has 130 valence electrons. The van der Waals surface area contributed by atoms with Crippen LogP contribution in [0.15, 0.2) is 42.6 Å². The number of carboxylic acid groups (broad SMARTS) is 1. The van der Waals surface area contributed by atoms with E-state index in [0.717, 1.165) is 18.6 Å². The number of hydrogen-bond donors (Lipinski definition) is 1. The lowest BCUT2D eigenvalue weighted by Gasteiger charge is -2.32. The van der Waals surface area contributed by atoms with Crippen LogP contribution in [0.3, 0.4) is 0 Å². The Kier molecular flexibility index (Phi) is 4.97. The van der Waals surface area contributed by atoms with Gasteiger partial charge in [0, 0.05) is 24.8 Å². The van der Waals surface area contributed by atoms with E-state index >= 15 is 0 Å². The van der Waals surface area contributed by atoms with Crippen LogP contribution < -0.4 is 4.74 Å². The standard InChI is InChI=1S/C19H20N2O4/c1-25-16-4-2-3-14(11-16)13-6-9-21(10-7-13)18(22)15-5-8-20-17(12-15)19(23)24/h2-5,8,11-13H,6-7,9-10H2,1H3,(H,23,24). The van der Waals surface area contributed by atoms with E-state index in [2.05, 4.69) is 11.1 Å². The molecule has 0 radical (unpaired) electrons. The van der Waals surface area contributed by atoms with Gasteiger partial charge in [-0.1, -0.05) is 12.1 Å². The van der Waals surface area contributed by atoms with Crippen LogP contribution in [0.1, 0.15) is 45.2 Å². The largest absolute Gasteiger partial charge is 0.497 e. The predicted molar refractivity (Wildman–Crippen MR) is 92.1 cm³/mol. The summed E-state index contributed by atoms with van der Waals surface area (Å²) < 4.78 is 5.27. The highest BCUT2D eigenvalue weighted by atomic mass is 16.5. The van der Waals surface area contributed by atoms with E-state index in [0.29, 0.717) is 24.6 Å². The van der Waals surface area contributed by atoms with Crippen LogP contribution in [0.25, 0.3) is 0 Å². The Morgan fingerprint density at radius 3 is 2.64 bits per heavy atom. The molecule has 1 saturated heterocycles. The fourth-order valence-electron chi connectivity index (χ4n) is 3.17. The predicted octanol–water partition coefficient (Wildman–Crippen LogP) is 2.81. The third-order valence-electron chi connectivity index (χ3n) is 4.57. The van der Waals surface area contributed by atoms with Crippen LogP contribution >= 0.6 is 0 Å². The minimum absolute atomic E-state index is 0.114. The van der Waals surface area contributed by atoms with Crippen molar-refractivity contribution >= 4 is 11.9 Å².